The lowest BCUT2D eigenvalue weighted by Crippen LogP contribution is -1.99. The summed E-state index contributed by atoms with van der Waals surface area (Å²) in [5, 5.41) is 18.0. The fourth-order valence-electron chi connectivity index (χ4n) is 6.31. The van der Waals surface area contributed by atoms with E-state index in [1.807, 2.05) is 44.3 Å². The number of aryl methyl sites for hydroxylation is 1. The van der Waals surface area contributed by atoms with Crippen LogP contribution in [0.4, 0.5) is 0 Å². The van der Waals surface area contributed by atoms with Crippen LogP contribution in [0.3, 0.4) is 0 Å². The molecule has 6 aromatic rings. The number of fused-ring (bicyclic) bond motifs is 6. The van der Waals surface area contributed by atoms with E-state index in [9.17, 15) is 0 Å². The van der Waals surface area contributed by atoms with Gasteiger partial charge < -0.3 is 4.74 Å². The molecule has 8 rings (SSSR count). The second kappa shape index (κ2) is 14.9. The molecule has 0 spiro atoms. The fraction of sp³-hybridized carbons (Fsp3) is 0.111. The summed E-state index contributed by atoms with van der Waals surface area (Å²) >= 11 is 0. The van der Waals surface area contributed by atoms with E-state index < -0.39 is 0 Å². The van der Waals surface area contributed by atoms with Crippen LogP contribution in [-0.4, -0.2) is 30.0 Å². The molecule has 244 valence electrons. The van der Waals surface area contributed by atoms with Crippen LogP contribution >= 0.6 is 0 Å². The molecule has 0 heterocycles. The van der Waals surface area contributed by atoms with E-state index >= 15 is 0 Å². The quantitative estimate of drug-likeness (QED) is 0.125. The van der Waals surface area contributed by atoms with Crippen LogP contribution in [0.25, 0.3) is 22.3 Å². The van der Waals surface area contributed by atoms with Crippen LogP contribution in [0.15, 0.2) is 166 Å². The van der Waals surface area contributed by atoms with Gasteiger partial charge in [-0.15, -0.1) is 5.10 Å². The smallest absolute Gasteiger partial charge is 0.119 e. The van der Waals surface area contributed by atoms with E-state index in [1.54, 1.807) is 0 Å². The Kier molecular flexibility index (Phi) is 9.65. The number of hydrogen-bond donors (Lipinski definition) is 0. The van der Waals surface area contributed by atoms with E-state index in [2.05, 4.69) is 149 Å². The van der Waals surface area contributed by atoms with Gasteiger partial charge in [-0.25, -0.2) is 0 Å². The van der Waals surface area contributed by atoms with Crippen LogP contribution in [0.1, 0.15) is 52.8 Å². The molecule has 0 radical (unpaired) electrons. The van der Waals surface area contributed by atoms with Crippen molar-refractivity contribution in [2.75, 3.05) is 6.61 Å². The second-order valence-electron chi connectivity index (χ2n) is 12.2. The Labute approximate surface area is 294 Å². The molecule has 50 heavy (non-hydrogen) atoms. The van der Waals surface area contributed by atoms with Crippen molar-refractivity contribution >= 4 is 23.3 Å². The molecule has 5 nitrogen and oxygen atoms in total. The van der Waals surface area contributed by atoms with Crippen molar-refractivity contribution in [2.24, 2.45) is 20.4 Å². The van der Waals surface area contributed by atoms with Crippen LogP contribution in [0.2, 0.25) is 0 Å². The first-order valence-electron chi connectivity index (χ1n) is 17.0. The molecular formula is C45H38N4O. The number of nitrogens with zero attached hydrogens (tertiary/aromatic N) is 4. The highest BCUT2D eigenvalue weighted by Crippen LogP contribution is 2.37. The van der Waals surface area contributed by atoms with Crippen molar-refractivity contribution < 1.29 is 4.74 Å². The Balaban J connectivity index is 0.000000157. The standard InChI is InChI=1S/C23H20N2O.C22H18N2/c1-2-26-18-13-11-17(12-14-18)15-16-24-25-23-21-9-5-3-7-19(21)20-8-4-6-10-22(20)23;1-15-11-13-17(14-12-15)16(2)23-24-22-20-9-5-3-7-18(20)19-8-4-6-10-21(19)22/h3-14,16H,2,15H2,1H3;3-14H,1-2H3. The Bertz CT molecular complexity index is 2170. The third-order valence-corrected chi connectivity index (χ3v) is 8.88. The van der Waals surface area contributed by atoms with Gasteiger partial charge >= 0.3 is 0 Å². The third kappa shape index (κ3) is 6.85. The maximum absolute atomic E-state index is 5.47. The molecule has 0 saturated carbocycles. The van der Waals surface area contributed by atoms with Gasteiger partial charge in [0.05, 0.1) is 12.3 Å². The SMILES string of the molecule is CC(=NN=C1c2ccccc2-c2ccccc21)c1ccc(C)cc1.CCOc1ccc(CC=NN=C2c3ccccc3-c3ccccc32)cc1. The van der Waals surface area contributed by atoms with Crippen LogP contribution in [-0.2, 0) is 6.42 Å². The van der Waals surface area contributed by atoms with Crippen LogP contribution in [0, 0.1) is 6.92 Å². The molecule has 0 amide bonds. The molecule has 0 aliphatic heterocycles. The summed E-state index contributed by atoms with van der Waals surface area (Å²) in [4.78, 5) is 0. The Morgan fingerprint density at radius 2 is 0.980 bits per heavy atom. The highest BCUT2D eigenvalue weighted by molar-refractivity contribution is 6.25. The van der Waals surface area contributed by atoms with Crippen molar-refractivity contribution in [1.29, 1.82) is 0 Å². The van der Waals surface area contributed by atoms with E-state index in [1.165, 1.54) is 33.4 Å². The minimum Gasteiger partial charge on any atom is -0.494 e. The number of ether oxygens (including phenoxy) is 1. The summed E-state index contributed by atoms with van der Waals surface area (Å²) in [6.07, 6.45) is 2.60. The van der Waals surface area contributed by atoms with Crippen LogP contribution in [0.5, 0.6) is 5.75 Å². The third-order valence-electron chi connectivity index (χ3n) is 8.88. The van der Waals surface area contributed by atoms with Gasteiger partial charge in [0.25, 0.3) is 0 Å². The Morgan fingerprint density at radius 3 is 1.44 bits per heavy atom. The molecule has 0 N–H and O–H groups in total. The molecule has 2 aliphatic rings. The van der Waals surface area contributed by atoms with Crippen molar-refractivity contribution in [1.82, 2.24) is 0 Å². The van der Waals surface area contributed by atoms with E-state index in [0.29, 0.717) is 6.61 Å². The monoisotopic (exact) mass is 650 g/mol. The number of rotatable bonds is 7. The van der Waals surface area contributed by atoms with Gasteiger partial charge in [-0.2, -0.15) is 15.3 Å². The molecular weight excluding hydrogens is 613 g/mol. The predicted molar refractivity (Wildman–Crippen MR) is 208 cm³/mol. The summed E-state index contributed by atoms with van der Waals surface area (Å²) in [6.45, 7) is 6.75. The summed E-state index contributed by atoms with van der Waals surface area (Å²) in [7, 11) is 0. The van der Waals surface area contributed by atoms with Crippen LogP contribution < -0.4 is 4.74 Å². The first-order valence-corrected chi connectivity index (χ1v) is 17.0. The van der Waals surface area contributed by atoms with Gasteiger partial charge in [0.2, 0.25) is 0 Å². The highest BCUT2D eigenvalue weighted by atomic mass is 16.5. The molecule has 0 atom stereocenters. The van der Waals surface area contributed by atoms with Crippen molar-refractivity contribution in [3.05, 3.63) is 185 Å². The van der Waals surface area contributed by atoms with Crippen molar-refractivity contribution in [3.63, 3.8) is 0 Å². The topological polar surface area (TPSA) is 58.7 Å². The largest absolute Gasteiger partial charge is 0.494 e. The first-order chi connectivity index (χ1) is 24.6. The van der Waals surface area contributed by atoms with E-state index in [-0.39, 0.29) is 0 Å². The number of benzene rings is 6. The fourth-order valence-corrected chi connectivity index (χ4v) is 6.31. The highest BCUT2D eigenvalue weighted by Gasteiger charge is 2.25. The van der Waals surface area contributed by atoms with Gasteiger partial charge in [-0.1, -0.05) is 139 Å². The zero-order valence-corrected chi connectivity index (χ0v) is 28.5. The summed E-state index contributed by atoms with van der Waals surface area (Å²) in [5.41, 5.74) is 15.9. The molecule has 0 aromatic heterocycles. The minimum atomic E-state index is 0.682. The van der Waals surface area contributed by atoms with E-state index in [0.717, 1.165) is 57.1 Å². The zero-order chi connectivity index (χ0) is 34.3. The maximum Gasteiger partial charge on any atom is 0.119 e. The molecule has 6 aromatic carbocycles. The molecule has 0 bridgehead atoms. The lowest BCUT2D eigenvalue weighted by Gasteiger charge is -2.02. The minimum absolute atomic E-state index is 0.682. The second-order valence-corrected chi connectivity index (χ2v) is 12.2. The van der Waals surface area contributed by atoms with Crippen molar-refractivity contribution in [3.8, 4) is 28.0 Å². The zero-order valence-electron chi connectivity index (χ0n) is 28.5. The molecule has 0 unspecified atom stereocenters. The van der Waals surface area contributed by atoms with Gasteiger partial charge in [-0.05, 0) is 66.3 Å². The maximum atomic E-state index is 5.47. The van der Waals surface area contributed by atoms with Gasteiger partial charge in [0.15, 0.2) is 0 Å². The summed E-state index contributed by atoms with van der Waals surface area (Å²) in [6, 6.07) is 49.9. The lowest BCUT2D eigenvalue weighted by molar-refractivity contribution is 0.340. The molecule has 2 aliphatic carbocycles. The average Bonchev–Trinajstić information content (AvgIpc) is 3.66. The first kappa shape index (κ1) is 32.4. The molecule has 0 fully saturated rings. The molecule has 0 saturated heterocycles. The van der Waals surface area contributed by atoms with Crippen molar-refractivity contribution in [2.45, 2.75) is 27.2 Å². The number of hydrogen-bond acceptors (Lipinski definition) is 5. The van der Waals surface area contributed by atoms with Gasteiger partial charge in [0.1, 0.15) is 17.2 Å². The predicted octanol–water partition coefficient (Wildman–Crippen LogP) is 10.4. The summed E-state index contributed by atoms with van der Waals surface area (Å²) < 4.78 is 5.47. The summed E-state index contributed by atoms with van der Waals surface area (Å²) in [5.74, 6) is 0.896. The normalized spacial score (nSPS) is 12.4. The Hall–Kier alpha value is -6.20. The van der Waals surface area contributed by atoms with Gasteiger partial charge in [0, 0.05) is 34.9 Å². The Morgan fingerprint density at radius 1 is 0.540 bits per heavy atom. The van der Waals surface area contributed by atoms with E-state index in [4.69, 9.17) is 4.74 Å². The lowest BCUT2D eigenvalue weighted by atomic mass is 10.1. The molecule has 5 heteroatoms. The average molecular weight is 651 g/mol. The van der Waals surface area contributed by atoms with Gasteiger partial charge in [-0.3, -0.25) is 0 Å².